The van der Waals surface area contributed by atoms with Crippen molar-refractivity contribution in [1.29, 1.82) is 0 Å². The van der Waals surface area contributed by atoms with E-state index in [0.29, 0.717) is 47.3 Å². The number of hydrogen-bond donors (Lipinski definition) is 0. The Kier molecular flexibility index (Phi) is 7.59. The third-order valence-electron chi connectivity index (χ3n) is 6.22. The molecule has 0 atom stereocenters. The predicted octanol–water partition coefficient (Wildman–Crippen LogP) is 4.68. The van der Waals surface area contributed by atoms with Gasteiger partial charge in [-0.1, -0.05) is 30.5 Å². The van der Waals surface area contributed by atoms with Gasteiger partial charge in [-0.2, -0.15) is 4.98 Å². The fraction of sp³-hybridized carbons (Fsp3) is 0.400. The van der Waals surface area contributed by atoms with E-state index in [0.717, 1.165) is 32.1 Å². The van der Waals surface area contributed by atoms with Crippen molar-refractivity contribution in [2.75, 3.05) is 20.8 Å². The number of benzene rings is 2. The minimum atomic E-state index is -0.491. The fourth-order valence-electron chi connectivity index (χ4n) is 4.39. The molecular weight excluding hydrogens is 452 g/mol. The van der Waals surface area contributed by atoms with E-state index in [9.17, 15) is 14.9 Å². The van der Waals surface area contributed by atoms with Gasteiger partial charge in [-0.15, -0.1) is 0 Å². The Morgan fingerprint density at radius 3 is 2.49 bits per heavy atom. The highest BCUT2D eigenvalue weighted by atomic mass is 16.6. The lowest BCUT2D eigenvalue weighted by molar-refractivity contribution is -0.384. The smallest absolute Gasteiger partial charge is 0.270 e. The predicted molar refractivity (Wildman–Crippen MR) is 128 cm³/mol. The monoisotopic (exact) mass is 480 g/mol. The Morgan fingerprint density at radius 2 is 1.83 bits per heavy atom. The lowest BCUT2D eigenvalue weighted by atomic mass is 9.93. The average molecular weight is 481 g/mol. The van der Waals surface area contributed by atoms with Gasteiger partial charge >= 0.3 is 0 Å². The van der Waals surface area contributed by atoms with E-state index in [4.69, 9.17) is 14.0 Å². The number of amides is 1. The number of carbonyl (C=O) groups is 1. The Labute approximate surface area is 203 Å². The van der Waals surface area contributed by atoms with Crippen molar-refractivity contribution in [3.8, 4) is 22.9 Å². The summed E-state index contributed by atoms with van der Waals surface area (Å²) < 4.78 is 16.1. The molecule has 0 spiro atoms. The third-order valence-corrected chi connectivity index (χ3v) is 6.22. The number of rotatable bonds is 9. The van der Waals surface area contributed by atoms with Crippen molar-refractivity contribution in [2.45, 2.75) is 44.6 Å². The molecule has 4 rings (SSSR count). The second-order valence-electron chi connectivity index (χ2n) is 8.46. The second-order valence-corrected chi connectivity index (χ2v) is 8.46. The van der Waals surface area contributed by atoms with Crippen LogP contribution >= 0.6 is 0 Å². The molecule has 0 saturated heterocycles. The van der Waals surface area contributed by atoms with Crippen molar-refractivity contribution in [3.63, 3.8) is 0 Å². The number of hydrogen-bond acceptors (Lipinski definition) is 8. The highest BCUT2D eigenvalue weighted by Crippen LogP contribution is 2.29. The van der Waals surface area contributed by atoms with Gasteiger partial charge in [0.25, 0.3) is 11.6 Å². The summed E-state index contributed by atoms with van der Waals surface area (Å²) in [7, 11) is 3.14. The molecule has 10 nitrogen and oxygen atoms in total. The average Bonchev–Trinajstić information content (AvgIpc) is 3.38. The molecule has 2 aromatic carbocycles. The topological polar surface area (TPSA) is 121 Å². The van der Waals surface area contributed by atoms with Gasteiger partial charge in [0.05, 0.1) is 19.1 Å². The van der Waals surface area contributed by atoms with Crippen LogP contribution in [0.2, 0.25) is 0 Å². The molecule has 1 saturated carbocycles. The van der Waals surface area contributed by atoms with Crippen LogP contribution in [0.4, 0.5) is 5.69 Å². The highest BCUT2D eigenvalue weighted by molar-refractivity contribution is 5.95. The van der Waals surface area contributed by atoms with Crippen LogP contribution in [0.1, 0.15) is 48.4 Å². The number of nitro benzene ring substituents is 1. The van der Waals surface area contributed by atoms with Crippen molar-refractivity contribution < 1.29 is 23.7 Å². The van der Waals surface area contributed by atoms with E-state index >= 15 is 0 Å². The first-order valence-corrected chi connectivity index (χ1v) is 11.6. The van der Waals surface area contributed by atoms with Crippen LogP contribution in [0.15, 0.2) is 47.0 Å². The molecule has 1 heterocycles. The van der Waals surface area contributed by atoms with Gasteiger partial charge in [0.1, 0.15) is 11.5 Å². The number of ether oxygens (including phenoxy) is 2. The molecule has 10 heteroatoms. The van der Waals surface area contributed by atoms with Crippen molar-refractivity contribution in [3.05, 3.63) is 64.0 Å². The molecule has 184 valence electrons. The quantitative estimate of drug-likeness (QED) is 0.320. The van der Waals surface area contributed by atoms with Crippen LogP contribution < -0.4 is 9.47 Å². The van der Waals surface area contributed by atoms with Gasteiger partial charge in [0.15, 0.2) is 0 Å². The SMILES string of the molecule is COc1cc(OC)cc(-c2noc(CCN(C(=O)c3cccc([N+](=O)[O-])c3)C3CCCCC3)n2)c1. The Hall–Kier alpha value is -3.95. The lowest BCUT2D eigenvalue weighted by Gasteiger charge is -2.34. The van der Waals surface area contributed by atoms with E-state index < -0.39 is 4.92 Å². The molecule has 0 N–H and O–H groups in total. The molecule has 1 fully saturated rings. The third kappa shape index (κ3) is 5.76. The van der Waals surface area contributed by atoms with Crippen molar-refractivity contribution >= 4 is 11.6 Å². The van der Waals surface area contributed by atoms with Crippen LogP contribution in [0.5, 0.6) is 11.5 Å². The Bertz CT molecular complexity index is 1170. The maximum Gasteiger partial charge on any atom is 0.270 e. The van der Waals surface area contributed by atoms with Crippen LogP contribution in [-0.4, -0.2) is 52.7 Å². The lowest BCUT2D eigenvalue weighted by Crippen LogP contribution is -2.42. The van der Waals surface area contributed by atoms with E-state index in [-0.39, 0.29) is 17.6 Å². The molecule has 35 heavy (non-hydrogen) atoms. The largest absolute Gasteiger partial charge is 0.497 e. The zero-order chi connectivity index (χ0) is 24.8. The summed E-state index contributed by atoms with van der Waals surface area (Å²) in [5.74, 6) is 1.78. The summed E-state index contributed by atoms with van der Waals surface area (Å²) in [5, 5.41) is 15.3. The first-order valence-electron chi connectivity index (χ1n) is 11.6. The van der Waals surface area contributed by atoms with Crippen molar-refractivity contribution in [1.82, 2.24) is 15.0 Å². The number of methoxy groups -OCH3 is 2. The van der Waals surface area contributed by atoms with E-state index in [2.05, 4.69) is 10.1 Å². The first-order chi connectivity index (χ1) is 17.0. The molecular formula is C25H28N4O6. The van der Waals surface area contributed by atoms with E-state index in [1.165, 1.54) is 18.2 Å². The second kappa shape index (κ2) is 11.0. The molecule has 1 aliphatic rings. The summed E-state index contributed by atoms with van der Waals surface area (Å²) in [6.45, 7) is 0.370. The minimum absolute atomic E-state index is 0.0700. The molecule has 1 amide bonds. The molecule has 3 aromatic rings. The summed E-state index contributed by atoms with van der Waals surface area (Å²) in [4.78, 5) is 30.4. The molecule has 1 aliphatic carbocycles. The zero-order valence-electron chi connectivity index (χ0n) is 19.8. The molecule has 1 aromatic heterocycles. The Morgan fingerprint density at radius 1 is 1.11 bits per heavy atom. The molecule has 0 bridgehead atoms. The number of nitro groups is 1. The standard InChI is InChI=1S/C25H28N4O6/c1-33-21-14-18(15-22(16-21)34-2)24-26-23(35-27-24)11-12-28(19-8-4-3-5-9-19)25(30)17-7-6-10-20(13-17)29(31)32/h6-7,10,13-16,19H,3-5,8-9,11-12H2,1-2H3. The Balaban J connectivity index is 1.53. The van der Waals surface area contributed by atoms with Crippen LogP contribution in [0.25, 0.3) is 11.4 Å². The van der Waals surface area contributed by atoms with Crippen LogP contribution in [0.3, 0.4) is 0 Å². The fourth-order valence-corrected chi connectivity index (χ4v) is 4.39. The highest BCUT2D eigenvalue weighted by Gasteiger charge is 2.27. The summed E-state index contributed by atoms with van der Waals surface area (Å²) >= 11 is 0. The molecule has 0 radical (unpaired) electrons. The van der Waals surface area contributed by atoms with E-state index in [1.807, 2.05) is 0 Å². The van der Waals surface area contributed by atoms with Crippen LogP contribution in [-0.2, 0) is 6.42 Å². The maximum atomic E-state index is 13.4. The van der Waals surface area contributed by atoms with E-state index in [1.54, 1.807) is 43.4 Å². The van der Waals surface area contributed by atoms with Gasteiger partial charge in [-0.3, -0.25) is 14.9 Å². The minimum Gasteiger partial charge on any atom is -0.497 e. The van der Waals surface area contributed by atoms with Crippen LogP contribution in [0, 0.1) is 10.1 Å². The van der Waals surface area contributed by atoms with Gasteiger partial charge in [-0.05, 0) is 31.0 Å². The number of aromatic nitrogens is 2. The summed E-state index contributed by atoms with van der Waals surface area (Å²) in [6, 6.07) is 11.3. The number of nitrogens with zero attached hydrogens (tertiary/aromatic N) is 4. The summed E-state index contributed by atoms with van der Waals surface area (Å²) in [5.41, 5.74) is 0.891. The zero-order valence-corrected chi connectivity index (χ0v) is 19.8. The molecule has 0 unspecified atom stereocenters. The van der Waals surface area contributed by atoms with Gasteiger partial charge in [0, 0.05) is 48.3 Å². The maximum absolute atomic E-state index is 13.4. The summed E-state index contributed by atoms with van der Waals surface area (Å²) in [6.07, 6.45) is 5.41. The molecule has 0 aliphatic heterocycles. The normalized spacial score (nSPS) is 13.9. The van der Waals surface area contributed by atoms with Gasteiger partial charge in [-0.25, -0.2) is 0 Å². The number of non-ortho nitro benzene ring substituents is 1. The van der Waals surface area contributed by atoms with Gasteiger partial charge in [0.2, 0.25) is 11.7 Å². The number of carbonyl (C=O) groups excluding carboxylic acids is 1. The van der Waals surface area contributed by atoms with Crippen molar-refractivity contribution in [2.24, 2.45) is 0 Å². The first kappa shape index (κ1) is 24.2. The van der Waals surface area contributed by atoms with Gasteiger partial charge < -0.3 is 18.9 Å².